The third kappa shape index (κ3) is 2.63. The van der Waals surface area contributed by atoms with Gasteiger partial charge >= 0.3 is 5.69 Å². The molecular formula is C16H16N6O3. The zero-order valence-electron chi connectivity index (χ0n) is 13.5. The molecule has 3 aromatic rings. The molecule has 25 heavy (non-hydrogen) atoms. The zero-order valence-corrected chi connectivity index (χ0v) is 13.5. The van der Waals surface area contributed by atoms with Gasteiger partial charge in [-0.25, -0.2) is 9.78 Å². The number of nitrogens with zero attached hydrogens (tertiary/aromatic N) is 4. The van der Waals surface area contributed by atoms with E-state index in [9.17, 15) is 14.4 Å². The molecule has 9 heteroatoms. The Labute approximate surface area is 141 Å². The van der Waals surface area contributed by atoms with Crippen LogP contribution in [0, 0.1) is 0 Å². The van der Waals surface area contributed by atoms with Gasteiger partial charge in [0.25, 0.3) is 11.5 Å². The Bertz CT molecular complexity index is 1080. The second-order valence-corrected chi connectivity index (χ2v) is 6.13. The molecule has 0 aromatic carbocycles. The van der Waals surface area contributed by atoms with Gasteiger partial charge in [-0.1, -0.05) is 0 Å². The Kier molecular flexibility index (Phi) is 3.48. The highest BCUT2D eigenvalue weighted by atomic mass is 16.2. The molecule has 4 heterocycles. The van der Waals surface area contributed by atoms with Crippen molar-refractivity contribution in [1.29, 1.82) is 0 Å². The molecule has 1 fully saturated rings. The van der Waals surface area contributed by atoms with Crippen LogP contribution in [-0.4, -0.2) is 42.1 Å². The average molecular weight is 340 g/mol. The molecule has 1 aliphatic heterocycles. The minimum absolute atomic E-state index is 0.0363. The number of carbonyl (C=O) groups excluding carboxylic acids is 1. The molecule has 1 unspecified atom stereocenters. The highest BCUT2D eigenvalue weighted by molar-refractivity contribution is 5.97. The number of amides is 1. The quantitative estimate of drug-likeness (QED) is 0.697. The normalized spacial score (nSPS) is 17.3. The molecule has 128 valence electrons. The Balaban J connectivity index is 1.71. The third-order valence-corrected chi connectivity index (χ3v) is 4.46. The highest BCUT2D eigenvalue weighted by Crippen LogP contribution is 2.32. The molecule has 0 bridgehead atoms. The summed E-state index contributed by atoms with van der Waals surface area (Å²) in [4.78, 5) is 46.6. The molecule has 2 N–H and O–H groups in total. The topological polar surface area (TPSA) is 117 Å². The molecule has 4 rings (SSSR count). The maximum Gasteiger partial charge on any atom is 0.327 e. The van der Waals surface area contributed by atoms with E-state index in [0.29, 0.717) is 12.1 Å². The van der Waals surface area contributed by atoms with Crippen molar-refractivity contribution < 1.29 is 4.79 Å². The maximum atomic E-state index is 12.9. The number of hydrogen-bond donors (Lipinski definition) is 2. The molecule has 1 amide bonds. The van der Waals surface area contributed by atoms with E-state index in [4.69, 9.17) is 0 Å². The Morgan fingerprint density at radius 2 is 2.12 bits per heavy atom. The summed E-state index contributed by atoms with van der Waals surface area (Å²) >= 11 is 0. The fourth-order valence-corrected chi connectivity index (χ4v) is 3.30. The van der Waals surface area contributed by atoms with Crippen molar-refractivity contribution in [3.8, 4) is 0 Å². The lowest BCUT2D eigenvalue weighted by Crippen LogP contribution is -2.31. The number of fused-ring (bicyclic) bond motifs is 1. The van der Waals surface area contributed by atoms with Crippen LogP contribution < -0.4 is 11.2 Å². The molecule has 0 aliphatic carbocycles. The van der Waals surface area contributed by atoms with Crippen molar-refractivity contribution in [3.05, 3.63) is 56.6 Å². The molecule has 1 atom stereocenters. The van der Waals surface area contributed by atoms with E-state index in [1.54, 1.807) is 15.8 Å². The van der Waals surface area contributed by atoms with E-state index in [2.05, 4.69) is 20.1 Å². The first-order valence-electron chi connectivity index (χ1n) is 7.95. The standard InChI is InChI=1S/C16H16N6O3/c1-21-8-10(7-18-21)12-3-2-4-22(12)15(24)9-5-11-13(17-6-9)19-16(25)20-14(11)23/h5-8,12H,2-4H2,1H3,(H2,17,19,20,23,25). The monoisotopic (exact) mass is 340 g/mol. The molecule has 1 saturated heterocycles. The molecule has 0 saturated carbocycles. The summed E-state index contributed by atoms with van der Waals surface area (Å²) in [6.45, 7) is 0.637. The first-order valence-corrected chi connectivity index (χ1v) is 7.95. The number of H-pyrrole nitrogens is 2. The van der Waals surface area contributed by atoms with Gasteiger partial charge in [0.05, 0.1) is 23.2 Å². The van der Waals surface area contributed by atoms with Gasteiger partial charge in [0, 0.05) is 31.5 Å². The van der Waals surface area contributed by atoms with Crippen LogP contribution in [0.2, 0.25) is 0 Å². The van der Waals surface area contributed by atoms with Crippen molar-refractivity contribution in [3.63, 3.8) is 0 Å². The number of aryl methyl sites for hydroxylation is 1. The summed E-state index contributed by atoms with van der Waals surface area (Å²) in [7, 11) is 1.84. The van der Waals surface area contributed by atoms with Crippen molar-refractivity contribution >= 4 is 16.9 Å². The molecule has 3 aromatic heterocycles. The number of nitrogens with one attached hydrogen (secondary N) is 2. The molecular weight excluding hydrogens is 324 g/mol. The summed E-state index contributed by atoms with van der Waals surface area (Å²) in [5.41, 5.74) is 0.284. The molecule has 1 aliphatic rings. The maximum absolute atomic E-state index is 12.9. The van der Waals surface area contributed by atoms with Crippen LogP contribution >= 0.6 is 0 Å². The number of carbonyl (C=O) groups is 1. The van der Waals surface area contributed by atoms with Gasteiger partial charge in [0.2, 0.25) is 0 Å². The van der Waals surface area contributed by atoms with Gasteiger partial charge in [-0.05, 0) is 18.9 Å². The van der Waals surface area contributed by atoms with Crippen LogP contribution in [0.15, 0.2) is 34.2 Å². The van der Waals surface area contributed by atoms with Crippen molar-refractivity contribution in [1.82, 2.24) is 29.6 Å². The summed E-state index contributed by atoms with van der Waals surface area (Å²) in [6.07, 6.45) is 6.83. The van der Waals surface area contributed by atoms with Gasteiger partial charge in [-0.3, -0.25) is 24.2 Å². The Morgan fingerprint density at radius 1 is 1.28 bits per heavy atom. The smallest absolute Gasteiger partial charge is 0.327 e. The van der Waals surface area contributed by atoms with Gasteiger partial charge in [0.1, 0.15) is 5.65 Å². The van der Waals surface area contributed by atoms with Gasteiger partial charge in [0.15, 0.2) is 0 Å². The van der Waals surface area contributed by atoms with E-state index in [0.717, 1.165) is 18.4 Å². The summed E-state index contributed by atoms with van der Waals surface area (Å²) in [6, 6.07) is 1.43. The molecule has 9 nitrogen and oxygen atoms in total. The van der Waals surface area contributed by atoms with Crippen LogP contribution in [0.25, 0.3) is 11.0 Å². The Morgan fingerprint density at radius 3 is 2.88 bits per heavy atom. The predicted molar refractivity (Wildman–Crippen MR) is 89.2 cm³/mol. The molecule has 0 radical (unpaired) electrons. The van der Waals surface area contributed by atoms with Gasteiger partial charge in [-0.2, -0.15) is 5.10 Å². The first-order chi connectivity index (χ1) is 12.0. The minimum Gasteiger partial charge on any atom is -0.331 e. The second-order valence-electron chi connectivity index (χ2n) is 6.13. The lowest BCUT2D eigenvalue weighted by atomic mass is 10.1. The van der Waals surface area contributed by atoms with E-state index >= 15 is 0 Å². The van der Waals surface area contributed by atoms with Crippen LogP contribution in [-0.2, 0) is 7.05 Å². The predicted octanol–water partition coefficient (Wildman–Crippen LogP) is 0.322. The number of pyridine rings is 1. The lowest BCUT2D eigenvalue weighted by molar-refractivity contribution is 0.0735. The summed E-state index contributed by atoms with van der Waals surface area (Å²) in [5.74, 6) is -0.189. The fraction of sp³-hybridized carbons (Fsp3) is 0.312. The van der Waals surface area contributed by atoms with E-state index < -0.39 is 11.2 Å². The van der Waals surface area contributed by atoms with E-state index in [-0.39, 0.29) is 23.0 Å². The second kappa shape index (κ2) is 5.69. The average Bonchev–Trinajstić information content (AvgIpc) is 3.22. The van der Waals surface area contributed by atoms with Crippen molar-refractivity contribution in [2.24, 2.45) is 7.05 Å². The number of rotatable bonds is 2. The van der Waals surface area contributed by atoms with Gasteiger partial charge < -0.3 is 4.90 Å². The number of aromatic amines is 2. The van der Waals surface area contributed by atoms with E-state index in [1.807, 2.05) is 13.2 Å². The summed E-state index contributed by atoms with van der Waals surface area (Å²) in [5, 5.41) is 4.36. The lowest BCUT2D eigenvalue weighted by Gasteiger charge is -2.23. The van der Waals surface area contributed by atoms with Crippen LogP contribution in [0.5, 0.6) is 0 Å². The molecule has 0 spiro atoms. The van der Waals surface area contributed by atoms with Crippen molar-refractivity contribution in [2.45, 2.75) is 18.9 Å². The van der Waals surface area contributed by atoms with Crippen LogP contribution in [0.1, 0.15) is 34.8 Å². The zero-order chi connectivity index (χ0) is 17.6. The highest BCUT2D eigenvalue weighted by Gasteiger charge is 2.31. The minimum atomic E-state index is -0.625. The van der Waals surface area contributed by atoms with Crippen molar-refractivity contribution in [2.75, 3.05) is 6.54 Å². The van der Waals surface area contributed by atoms with Crippen LogP contribution in [0.4, 0.5) is 0 Å². The SMILES string of the molecule is Cn1cc(C2CCCN2C(=O)c2cnc3[nH]c(=O)[nH]c(=O)c3c2)cn1. The number of hydrogen-bond acceptors (Lipinski definition) is 5. The fourth-order valence-electron chi connectivity index (χ4n) is 3.30. The van der Waals surface area contributed by atoms with Crippen LogP contribution in [0.3, 0.4) is 0 Å². The largest absolute Gasteiger partial charge is 0.331 e. The van der Waals surface area contributed by atoms with E-state index in [1.165, 1.54) is 12.3 Å². The summed E-state index contributed by atoms with van der Waals surface area (Å²) < 4.78 is 1.71. The Hall–Kier alpha value is -3.23. The number of likely N-dealkylation sites (tertiary alicyclic amines) is 1. The first kappa shape index (κ1) is 15.3. The number of aromatic nitrogens is 5. The third-order valence-electron chi connectivity index (χ3n) is 4.46. The van der Waals surface area contributed by atoms with Gasteiger partial charge in [-0.15, -0.1) is 0 Å².